The number of anilines is 2. The third-order valence-corrected chi connectivity index (χ3v) is 3.35. The molecule has 0 atom stereocenters. The van der Waals surface area contributed by atoms with Crippen molar-refractivity contribution in [3.05, 3.63) is 42.5 Å². The Hall–Kier alpha value is -2.01. The first-order chi connectivity index (χ1) is 9.42. The lowest BCUT2D eigenvalue weighted by Gasteiger charge is -2.22. The van der Waals surface area contributed by atoms with Gasteiger partial charge in [-0.2, -0.15) is 0 Å². The van der Waals surface area contributed by atoms with Crippen molar-refractivity contribution in [2.24, 2.45) is 0 Å². The molecular weight excluding hydrogens is 238 g/mol. The molecule has 1 aliphatic heterocycles. The summed E-state index contributed by atoms with van der Waals surface area (Å²) in [5.74, 6) is 2.11. The highest BCUT2D eigenvalue weighted by Gasteiger charge is 2.16. The zero-order valence-corrected chi connectivity index (χ0v) is 10.7. The monoisotopic (exact) mass is 255 g/mol. The van der Waals surface area contributed by atoms with E-state index in [2.05, 4.69) is 31.7 Å². The summed E-state index contributed by atoms with van der Waals surface area (Å²) in [6, 6.07) is 6.11. The fraction of sp³-hybridized carbons (Fsp3) is 0.357. The van der Waals surface area contributed by atoms with Gasteiger partial charge >= 0.3 is 0 Å². The molecule has 2 N–H and O–H groups in total. The Morgan fingerprint density at radius 3 is 2.79 bits per heavy atom. The van der Waals surface area contributed by atoms with Crippen LogP contribution in [0.5, 0.6) is 0 Å². The normalized spacial score (nSPS) is 16.2. The predicted molar refractivity (Wildman–Crippen MR) is 74.4 cm³/mol. The topological polar surface area (TPSA) is 62.7 Å². The van der Waals surface area contributed by atoms with E-state index < -0.39 is 0 Å². The minimum Gasteiger partial charge on any atom is -0.324 e. The van der Waals surface area contributed by atoms with Crippen molar-refractivity contribution >= 4 is 11.6 Å². The van der Waals surface area contributed by atoms with Crippen LogP contribution >= 0.6 is 0 Å². The van der Waals surface area contributed by atoms with E-state index in [0.29, 0.717) is 5.92 Å². The zero-order chi connectivity index (χ0) is 12.9. The third-order valence-electron chi connectivity index (χ3n) is 3.35. The summed E-state index contributed by atoms with van der Waals surface area (Å²) in [5, 5.41) is 6.56. The van der Waals surface area contributed by atoms with Crippen LogP contribution in [0.2, 0.25) is 0 Å². The van der Waals surface area contributed by atoms with Crippen molar-refractivity contribution in [3.8, 4) is 0 Å². The Kier molecular flexibility index (Phi) is 3.65. The molecule has 98 valence electrons. The van der Waals surface area contributed by atoms with Crippen molar-refractivity contribution in [2.45, 2.75) is 18.8 Å². The molecule has 0 unspecified atom stereocenters. The van der Waals surface area contributed by atoms with E-state index in [1.165, 1.54) is 0 Å². The summed E-state index contributed by atoms with van der Waals surface area (Å²) in [4.78, 5) is 12.9. The van der Waals surface area contributed by atoms with E-state index in [4.69, 9.17) is 0 Å². The number of nitrogens with one attached hydrogen (secondary N) is 2. The Bertz CT molecular complexity index is 522. The maximum atomic E-state index is 4.69. The number of piperidine rings is 1. The summed E-state index contributed by atoms with van der Waals surface area (Å²) < 4.78 is 0. The van der Waals surface area contributed by atoms with Crippen LogP contribution in [-0.4, -0.2) is 28.0 Å². The average molecular weight is 255 g/mol. The lowest BCUT2D eigenvalue weighted by atomic mass is 9.94. The van der Waals surface area contributed by atoms with E-state index >= 15 is 0 Å². The molecular formula is C14H17N5. The first-order valence-corrected chi connectivity index (χ1v) is 6.62. The molecule has 3 rings (SSSR count). The van der Waals surface area contributed by atoms with E-state index in [1.54, 1.807) is 18.6 Å². The fourth-order valence-electron chi connectivity index (χ4n) is 2.36. The van der Waals surface area contributed by atoms with Crippen molar-refractivity contribution < 1.29 is 0 Å². The Labute approximate surface area is 112 Å². The summed E-state index contributed by atoms with van der Waals surface area (Å²) in [7, 11) is 0. The van der Waals surface area contributed by atoms with Crippen LogP contribution in [0.4, 0.5) is 11.6 Å². The van der Waals surface area contributed by atoms with E-state index in [0.717, 1.165) is 43.3 Å². The first-order valence-electron chi connectivity index (χ1n) is 6.62. The molecule has 3 heterocycles. The number of nitrogens with zero attached hydrogens (tertiary/aromatic N) is 3. The molecule has 1 aliphatic rings. The standard InChI is InChI=1S/C14H17N5/c1-2-12(11-4-6-15-7-5-11)18-13(3-1)19-14-10-16-8-9-17-14/h1-3,8-11,15H,4-7H2,(H,17,18,19). The van der Waals surface area contributed by atoms with Crippen LogP contribution in [0.25, 0.3) is 0 Å². The maximum absolute atomic E-state index is 4.69. The molecule has 0 spiro atoms. The van der Waals surface area contributed by atoms with Crippen LogP contribution in [-0.2, 0) is 0 Å². The number of aromatic nitrogens is 3. The molecule has 1 saturated heterocycles. The maximum Gasteiger partial charge on any atom is 0.150 e. The summed E-state index contributed by atoms with van der Waals surface area (Å²) >= 11 is 0. The smallest absolute Gasteiger partial charge is 0.150 e. The van der Waals surface area contributed by atoms with Gasteiger partial charge in [-0.3, -0.25) is 4.98 Å². The van der Waals surface area contributed by atoms with Crippen molar-refractivity contribution in [2.75, 3.05) is 18.4 Å². The molecule has 5 nitrogen and oxygen atoms in total. The van der Waals surface area contributed by atoms with Crippen LogP contribution in [0, 0.1) is 0 Å². The van der Waals surface area contributed by atoms with Gasteiger partial charge in [0.05, 0.1) is 6.20 Å². The molecule has 0 bridgehead atoms. The minimum atomic E-state index is 0.560. The lowest BCUT2D eigenvalue weighted by Crippen LogP contribution is -2.27. The van der Waals surface area contributed by atoms with Gasteiger partial charge < -0.3 is 10.6 Å². The fourth-order valence-corrected chi connectivity index (χ4v) is 2.36. The van der Waals surface area contributed by atoms with Gasteiger partial charge in [0.15, 0.2) is 0 Å². The predicted octanol–water partition coefficient (Wildman–Crippen LogP) is 2.08. The van der Waals surface area contributed by atoms with Crippen LogP contribution in [0.3, 0.4) is 0 Å². The zero-order valence-electron chi connectivity index (χ0n) is 10.7. The van der Waals surface area contributed by atoms with Gasteiger partial charge in [0.2, 0.25) is 0 Å². The number of hydrogen-bond acceptors (Lipinski definition) is 5. The van der Waals surface area contributed by atoms with Crippen molar-refractivity contribution in [1.82, 2.24) is 20.3 Å². The number of rotatable bonds is 3. The van der Waals surface area contributed by atoms with Gasteiger partial charge in [-0.15, -0.1) is 0 Å². The van der Waals surface area contributed by atoms with Gasteiger partial charge in [-0.25, -0.2) is 9.97 Å². The quantitative estimate of drug-likeness (QED) is 0.879. The van der Waals surface area contributed by atoms with E-state index in [-0.39, 0.29) is 0 Å². The second kappa shape index (κ2) is 5.75. The van der Waals surface area contributed by atoms with Crippen LogP contribution < -0.4 is 10.6 Å². The number of pyridine rings is 1. The second-order valence-electron chi connectivity index (χ2n) is 4.69. The molecule has 19 heavy (non-hydrogen) atoms. The van der Waals surface area contributed by atoms with Crippen LogP contribution in [0.1, 0.15) is 24.5 Å². The second-order valence-corrected chi connectivity index (χ2v) is 4.69. The highest BCUT2D eigenvalue weighted by atomic mass is 15.1. The summed E-state index contributed by atoms with van der Waals surface area (Å²) in [6.45, 7) is 2.16. The number of hydrogen-bond donors (Lipinski definition) is 2. The molecule has 0 amide bonds. The molecule has 2 aromatic rings. The SMILES string of the molecule is c1cc(Nc2cnccn2)nc(C2CCNCC2)c1. The van der Waals surface area contributed by atoms with Gasteiger partial charge in [0, 0.05) is 24.0 Å². The van der Waals surface area contributed by atoms with Gasteiger partial charge in [-0.1, -0.05) is 6.07 Å². The average Bonchev–Trinajstić information content (AvgIpc) is 2.49. The van der Waals surface area contributed by atoms with E-state index in [9.17, 15) is 0 Å². The van der Waals surface area contributed by atoms with Gasteiger partial charge in [0.1, 0.15) is 11.6 Å². The summed E-state index contributed by atoms with van der Waals surface area (Å²) in [5.41, 5.74) is 1.16. The Balaban J connectivity index is 1.76. The first kappa shape index (κ1) is 12.0. The Morgan fingerprint density at radius 2 is 2.00 bits per heavy atom. The lowest BCUT2D eigenvalue weighted by molar-refractivity contribution is 0.453. The molecule has 0 aromatic carbocycles. The van der Waals surface area contributed by atoms with Gasteiger partial charge in [-0.05, 0) is 38.1 Å². The third kappa shape index (κ3) is 3.06. The highest BCUT2D eigenvalue weighted by molar-refractivity contribution is 5.50. The van der Waals surface area contributed by atoms with Crippen molar-refractivity contribution in [3.63, 3.8) is 0 Å². The van der Waals surface area contributed by atoms with Crippen LogP contribution in [0.15, 0.2) is 36.8 Å². The molecule has 0 aliphatic carbocycles. The largest absolute Gasteiger partial charge is 0.324 e. The molecule has 2 aromatic heterocycles. The minimum absolute atomic E-state index is 0.560. The molecule has 1 fully saturated rings. The summed E-state index contributed by atoms with van der Waals surface area (Å²) in [6.07, 6.45) is 7.32. The molecule has 0 radical (unpaired) electrons. The van der Waals surface area contributed by atoms with E-state index in [1.807, 2.05) is 12.1 Å². The van der Waals surface area contributed by atoms with Crippen molar-refractivity contribution in [1.29, 1.82) is 0 Å². The highest BCUT2D eigenvalue weighted by Crippen LogP contribution is 2.24. The Morgan fingerprint density at radius 1 is 1.11 bits per heavy atom. The molecule has 0 saturated carbocycles. The van der Waals surface area contributed by atoms with Gasteiger partial charge in [0.25, 0.3) is 0 Å². The molecule has 5 heteroatoms.